The minimum Gasteiger partial charge on any atom is -0.345 e. The van der Waals surface area contributed by atoms with Crippen LogP contribution in [0.15, 0.2) is 18.7 Å². The largest absolute Gasteiger partial charge is 0.409 e. The van der Waals surface area contributed by atoms with Gasteiger partial charge in [-0.1, -0.05) is 0 Å². The number of hydrogen-bond acceptors (Lipinski definition) is 3. The van der Waals surface area contributed by atoms with Crippen molar-refractivity contribution in [3.8, 4) is 0 Å². The van der Waals surface area contributed by atoms with Gasteiger partial charge in [0.2, 0.25) is 0 Å². The van der Waals surface area contributed by atoms with Gasteiger partial charge in [-0.2, -0.15) is 13.2 Å². The fourth-order valence-electron chi connectivity index (χ4n) is 4.04. The average molecular weight is 324 g/mol. The number of nitrogens with zero attached hydrogens (tertiary/aromatic N) is 3. The number of piperidine rings is 2. The molecule has 1 amide bonds. The molecular formula is C15H15F3N4O. The smallest absolute Gasteiger partial charge is 0.345 e. The van der Waals surface area contributed by atoms with E-state index in [-0.39, 0.29) is 11.6 Å². The highest BCUT2D eigenvalue weighted by molar-refractivity contribution is 6.06. The number of carbonyl (C=O) groups is 1. The average Bonchev–Trinajstić information content (AvgIpc) is 2.97. The lowest BCUT2D eigenvalue weighted by molar-refractivity contribution is -0.214. The van der Waals surface area contributed by atoms with E-state index in [1.807, 2.05) is 0 Å². The predicted octanol–water partition coefficient (Wildman–Crippen LogP) is 2.90. The Labute approximate surface area is 129 Å². The van der Waals surface area contributed by atoms with Crippen LogP contribution in [0.4, 0.5) is 13.2 Å². The summed E-state index contributed by atoms with van der Waals surface area (Å²) in [5.41, 5.74) is 0.663. The molecule has 1 unspecified atom stereocenters. The SMILES string of the molecule is O=C(c1c[nH]c2ncncc12)N1C2CCC(CC2)C1C(F)(F)F. The summed E-state index contributed by atoms with van der Waals surface area (Å²) >= 11 is 0. The summed E-state index contributed by atoms with van der Waals surface area (Å²) in [5, 5.41) is 0.458. The van der Waals surface area contributed by atoms with Gasteiger partial charge in [-0.25, -0.2) is 9.97 Å². The van der Waals surface area contributed by atoms with Gasteiger partial charge in [0.05, 0.1) is 5.56 Å². The molecule has 5 rings (SSSR count). The molecule has 1 atom stereocenters. The van der Waals surface area contributed by atoms with Crippen molar-refractivity contribution in [2.75, 3.05) is 0 Å². The van der Waals surface area contributed by atoms with E-state index in [2.05, 4.69) is 15.0 Å². The van der Waals surface area contributed by atoms with Gasteiger partial charge in [0.15, 0.2) is 0 Å². The van der Waals surface area contributed by atoms with E-state index in [9.17, 15) is 18.0 Å². The van der Waals surface area contributed by atoms with E-state index < -0.39 is 24.0 Å². The van der Waals surface area contributed by atoms with E-state index in [0.717, 1.165) is 4.90 Å². The van der Waals surface area contributed by atoms with Crippen molar-refractivity contribution in [3.63, 3.8) is 0 Å². The van der Waals surface area contributed by atoms with Crippen molar-refractivity contribution in [1.82, 2.24) is 19.9 Å². The van der Waals surface area contributed by atoms with Crippen LogP contribution >= 0.6 is 0 Å². The summed E-state index contributed by atoms with van der Waals surface area (Å²) in [4.78, 5) is 24.6. The maximum atomic E-state index is 13.5. The standard InChI is InChI=1S/C15H15F3N4O/c16-15(17,18)12-8-1-3-9(4-2-8)22(12)14(23)11-6-20-13-10(11)5-19-7-21-13/h5-9,12H,1-4H2,(H,19,20,21). The summed E-state index contributed by atoms with van der Waals surface area (Å²) in [6.45, 7) is 0. The lowest BCUT2D eigenvalue weighted by Crippen LogP contribution is -2.62. The third-order valence-electron chi connectivity index (χ3n) is 5.04. The maximum Gasteiger partial charge on any atom is 0.409 e. The number of aromatic nitrogens is 3. The molecule has 2 aromatic heterocycles. The number of rotatable bonds is 1. The molecule has 1 saturated carbocycles. The number of carbonyl (C=O) groups excluding carboxylic acids is 1. The van der Waals surface area contributed by atoms with Gasteiger partial charge in [-0.15, -0.1) is 0 Å². The van der Waals surface area contributed by atoms with E-state index in [4.69, 9.17) is 0 Å². The van der Waals surface area contributed by atoms with Crippen LogP contribution in [0.3, 0.4) is 0 Å². The van der Waals surface area contributed by atoms with Crippen molar-refractivity contribution in [2.45, 2.75) is 43.9 Å². The van der Waals surface area contributed by atoms with Crippen molar-refractivity contribution in [2.24, 2.45) is 5.92 Å². The molecule has 0 spiro atoms. The third kappa shape index (κ3) is 2.19. The molecule has 2 bridgehead atoms. The van der Waals surface area contributed by atoms with Crippen molar-refractivity contribution >= 4 is 16.9 Å². The van der Waals surface area contributed by atoms with Crippen LogP contribution in [0.5, 0.6) is 0 Å². The molecule has 122 valence electrons. The predicted molar refractivity (Wildman–Crippen MR) is 75.6 cm³/mol. The fourth-order valence-corrected chi connectivity index (χ4v) is 4.04. The molecule has 23 heavy (non-hydrogen) atoms. The Bertz CT molecular complexity index is 749. The van der Waals surface area contributed by atoms with Crippen molar-refractivity contribution < 1.29 is 18.0 Å². The second kappa shape index (κ2) is 4.94. The molecule has 3 fully saturated rings. The van der Waals surface area contributed by atoms with Crippen molar-refractivity contribution in [1.29, 1.82) is 0 Å². The zero-order chi connectivity index (χ0) is 16.2. The van der Waals surface area contributed by atoms with E-state index >= 15 is 0 Å². The summed E-state index contributed by atoms with van der Waals surface area (Å²) in [7, 11) is 0. The van der Waals surface area contributed by atoms with Gasteiger partial charge in [-0.3, -0.25) is 4.79 Å². The molecule has 0 radical (unpaired) electrons. The highest BCUT2D eigenvalue weighted by Gasteiger charge is 2.56. The molecule has 2 saturated heterocycles. The Morgan fingerprint density at radius 1 is 1.26 bits per heavy atom. The minimum absolute atomic E-state index is 0.211. The zero-order valence-corrected chi connectivity index (χ0v) is 12.2. The molecule has 5 nitrogen and oxygen atoms in total. The topological polar surface area (TPSA) is 61.9 Å². The third-order valence-corrected chi connectivity index (χ3v) is 5.04. The van der Waals surface area contributed by atoms with Gasteiger partial charge in [0.25, 0.3) is 5.91 Å². The normalized spacial score (nSPS) is 27.6. The first-order chi connectivity index (χ1) is 11.0. The van der Waals surface area contributed by atoms with Gasteiger partial charge in [-0.05, 0) is 31.6 Å². The van der Waals surface area contributed by atoms with Crippen LogP contribution in [-0.4, -0.2) is 44.0 Å². The molecule has 8 heteroatoms. The Balaban J connectivity index is 1.76. The summed E-state index contributed by atoms with van der Waals surface area (Å²) in [6.07, 6.45) is 2.17. The summed E-state index contributed by atoms with van der Waals surface area (Å²) in [5.74, 6) is -1.08. The summed E-state index contributed by atoms with van der Waals surface area (Å²) in [6, 6.07) is -2.02. The van der Waals surface area contributed by atoms with Gasteiger partial charge in [0, 0.05) is 23.8 Å². The van der Waals surface area contributed by atoms with Gasteiger partial charge in [0.1, 0.15) is 18.0 Å². The number of halogens is 3. The molecule has 3 aliphatic rings. The number of alkyl halides is 3. The number of nitrogens with one attached hydrogen (secondary N) is 1. The fraction of sp³-hybridized carbons (Fsp3) is 0.533. The van der Waals surface area contributed by atoms with Crippen LogP contribution in [-0.2, 0) is 0 Å². The second-order valence-corrected chi connectivity index (χ2v) is 6.25. The second-order valence-electron chi connectivity index (χ2n) is 6.25. The number of hydrogen-bond donors (Lipinski definition) is 1. The van der Waals surface area contributed by atoms with E-state index in [1.165, 1.54) is 18.7 Å². The number of fused-ring (bicyclic) bond motifs is 4. The Hall–Kier alpha value is -2.12. The maximum absolute atomic E-state index is 13.5. The number of amides is 1. The molecule has 2 aromatic rings. The monoisotopic (exact) mass is 324 g/mol. The minimum atomic E-state index is -4.40. The van der Waals surface area contributed by atoms with Crippen LogP contribution in [0.2, 0.25) is 0 Å². The van der Waals surface area contributed by atoms with Gasteiger partial charge < -0.3 is 9.88 Å². The molecule has 0 aromatic carbocycles. The van der Waals surface area contributed by atoms with E-state index in [1.54, 1.807) is 0 Å². The number of aromatic amines is 1. The van der Waals surface area contributed by atoms with E-state index in [0.29, 0.717) is 36.7 Å². The van der Waals surface area contributed by atoms with Gasteiger partial charge >= 0.3 is 6.18 Å². The summed E-state index contributed by atoms with van der Waals surface area (Å²) < 4.78 is 40.6. The Kier molecular flexibility index (Phi) is 3.11. The van der Waals surface area contributed by atoms with Crippen LogP contribution < -0.4 is 0 Å². The lowest BCUT2D eigenvalue weighted by Gasteiger charge is -2.51. The Morgan fingerprint density at radius 3 is 2.70 bits per heavy atom. The molecule has 4 heterocycles. The first-order valence-electron chi connectivity index (χ1n) is 7.63. The first kappa shape index (κ1) is 14.5. The quantitative estimate of drug-likeness (QED) is 0.877. The molecule has 1 N–H and O–H groups in total. The van der Waals surface area contributed by atoms with Crippen molar-refractivity contribution in [3.05, 3.63) is 24.3 Å². The van der Waals surface area contributed by atoms with Crippen LogP contribution in [0, 0.1) is 5.92 Å². The van der Waals surface area contributed by atoms with Crippen LogP contribution in [0.1, 0.15) is 36.0 Å². The first-order valence-corrected chi connectivity index (χ1v) is 7.63. The highest BCUT2D eigenvalue weighted by Crippen LogP contribution is 2.46. The number of H-pyrrole nitrogens is 1. The highest BCUT2D eigenvalue weighted by atomic mass is 19.4. The Morgan fingerprint density at radius 2 is 2.00 bits per heavy atom. The lowest BCUT2D eigenvalue weighted by atomic mass is 9.74. The molecular weight excluding hydrogens is 309 g/mol. The zero-order valence-electron chi connectivity index (χ0n) is 12.2. The molecule has 2 aliphatic heterocycles. The van der Waals surface area contributed by atoms with Crippen LogP contribution in [0.25, 0.3) is 11.0 Å². The molecule has 1 aliphatic carbocycles.